The van der Waals surface area contributed by atoms with Crippen molar-refractivity contribution < 1.29 is 9.47 Å². The Morgan fingerprint density at radius 2 is 1.48 bits per heavy atom. The van der Waals surface area contributed by atoms with Gasteiger partial charge in [-0.2, -0.15) is 0 Å². The molecule has 2 saturated heterocycles. The van der Waals surface area contributed by atoms with Gasteiger partial charge in [0.05, 0.1) is 7.11 Å². The molecular formula is C28H39N3O2. The number of piperazine rings is 1. The Kier molecular flexibility index (Phi) is 5.94. The van der Waals surface area contributed by atoms with Gasteiger partial charge >= 0.3 is 0 Å². The summed E-state index contributed by atoms with van der Waals surface area (Å²) in [4.78, 5) is 7.67. The van der Waals surface area contributed by atoms with Crippen molar-refractivity contribution in [2.45, 2.75) is 52.6 Å². The second kappa shape index (κ2) is 8.75. The highest BCUT2D eigenvalue weighted by Gasteiger charge is 2.40. The quantitative estimate of drug-likeness (QED) is 0.658. The molecule has 0 aromatic heterocycles. The van der Waals surface area contributed by atoms with E-state index < -0.39 is 0 Å². The Hall–Kier alpha value is -2.40. The van der Waals surface area contributed by atoms with E-state index in [0.717, 1.165) is 50.6 Å². The molecule has 0 saturated carbocycles. The Balaban J connectivity index is 1.34. The number of fused-ring (bicyclic) bond motifs is 1. The smallest absolute Gasteiger partial charge is 0.127 e. The van der Waals surface area contributed by atoms with E-state index in [1.54, 1.807) is 7.11 Å². The highest BCUT2D eigenvalue weighted by atomic mass is 16.5. The predicted molar refractivity (Wildman–Crippen MR) is 136 cm³/mol. The van der Waals surface area contributed by atoms with Crippen LogP contribution < -0.4 is 19.3 Å². The van der Waals surface area contributed by atoms with E-state index in [0.29, 0.717) is 0 Å². The standard InChI is InChI=1S/C28H39N3O2/c1-20-21(2)27-25(18-28(4,33-27)19-29-12-6-7-13-29)22(3)26(20)31-16-14-30(15-17-31)23-8-10-24(32-5)11-9-23/h8-11H,6-7,12-19H2,1-5H3. The molecule has 2 fully saturated rings. The fourth-order valence-corrected chi connectivity index (χ4v) is 6.13. The summed E-state index contributed by atoms with van der Waals surface area (Å²) in [6, 6.07) is 8.45. The molecule has 2 aromatic rings. The van der Waals surface area contributed by atoms with Gasteiger partial charge < -0.3 is 19.3 Å². The third-order valence-corrected chi connectivity index (χ3v) is 8.03. The van der Waals surface area contributed by atoms with Gasteiger partial charge in [-0.1, -0.05) is 0 Å². The number of hydrogen-bond acceptors (Lipinski definition) is 5. The normalized spacial score (nSPS) is 23.1. The van der Waals surface area contributed by atoms with Crippen LogP contribution in [0.5, 0.6) is 11.5 Å². The van der Waals surface area contributed by atoms with Gasteiger partial charge in [0.2, 0.25) is 0 Å². The number of likely N-dealkylation sites (tertiary alicyclic amines) is 1. The predicted octanol–water partition coefficient (Wildman–Crippen LogP) is 4.74. The minimum absolute atomic E-state index is 0.111. The zero-order valence-electron chi connectivity index (χ0n) is 21.0. The Labute approximate surface area is 199 Å². The van der Waals surface area contributed by atoms with E-state index in [4.69, 9.17) is 9.47 Å². The van der Waals surface area contributed by atoms with E-state index in [-0.39, 0.29) is 5.60 Å². The van der Waals surface area contributed by atoms with Gasteiger partial charge in [0.1, 0.15) is 17.1 Å². The lowest BCUT2D eigenvalue weighted by Crippen LogP contribution is -2.47. The average molecular weight is 450 g/mol. The molecule has 178 valence electrons. The third kappa shape index (κ3) is 4.16. The Morgan fingerprint density at radius 1 is 0.848 bits per heavy atom. The van der Waals surface area contributed by atoms with Gasteiger partial charge in [0, 0.05) is 56.1 Å². The number of rotatable bonds is 5. The van der Waals surface area contributed by atoms with E-state index >= 15 is 0 Å². The van der Waals surface area contributed by atoms with Gasteiger partial charge in [0.15, 0.2) is 0 Å². The maximum absolute atomic E-state index is 6.71. The first-order valence-corrected chi connectivity index (χ1v) is 12.6. The Bertz CT molecular complexity index is 1010. The van der Waals surface area contributed by atoms with Crippen LogP contribution in [-0.4, -0.2) is 63.4 Å². The van der Waals surface area contributed by atoms with Gasteiger partial charge in [0.25, 0.3) is 0 Å². The van der Waals surface area contributed by atoms with Crippen LogP contribution in [0.25, 0.3) is 0 Å². The molecule has 5 heteroatoms. The first kappa shape index (κ1) is 22.4. The molecule has 0 radical (unpaired) electrons. The average Bonchev–Trinajstić information content (AvgIpc) is 3.46. The van der Waals surface area contributed by atoms with Crippen LogP contribution >= 0.6 is 0 Å². The fourth-order valence-electron chi connectivity index (χ4n) is 6.13. The van der Waals surface area contributed by atoms with Crippen molar-refractivity contribution in [3.05, 3.63) is 46.5 Å². The van der Waals surface area contributed by atoms with Crippen LogP contribution in [0, 0.1) is 20.8 Å². The summed E-state index contributed by atoms with van der Waals surface area (Å²) in [5, 5.41) is 0. The molecule has 5 nitrogen and oxygen atoms in total. The van der Waals surface area contributed by atoms with Crippen LogP contribution in [-0.2, 0) is 6.42 Å². The second-order valence-corrected chi connectivity index (χ2v) is 10.4. The SMILES string of the molecule is COc1ccc(N2CCN(c3c(C)c(C)c4c(c3C)CC(C)(CN3CCCC3)O4)CC2)cc1. The van der Waals surface area contributed by atoms with Crippen LogP contribution in [0.15, 0.2) is 24.3 Å². The van der Waals surface area contributed by atoms with E-state index in [2.05, 4.69) is 66.7 Å². The number of hydrogen-bond donors (Lipinski definition) is 0. The van der Waals surface area contributed by atoms with Crippen LogP contribution in [0.3, 0.4) is 0 Å². The number of benzene rings is 2. The second-order valence-electron chi connectivity index (χ2n) is 10.4. The molecule has 0 spiro atoms. The van der Waals surface area contributed by atoms with Crippen LogP contribution in [0.1, 0.15) is 42.0 Å². The van der Waals surface area contributed by atoms with Crippen molar-refractivity contribution in [1.29, 1.82) is 0 Å². The lowest BCUT2D eigenvalue weighted by atomic mass is 9.91. The molecule has 2 aromatic carbocycles. The van der Waals surface area contributed by atoms with E-state index in [9.17, 15) is 0 Å². The molecule has 0 amide bonds. The van der Waals surface area contributed by atoms with Gasteiger partial charge in [-0.15, -0.1) is 0 Å². The van der Waals surface area contributed by atoms with Crippen molar-refractivity contribution in [3.63, 3.8) is 0 Å². The summed E-state index contributed by atoms with van der Waals surface area (Å²) in [7, 11) is 1.72. The highest BCUT2D eigenvalue weighted by molar-refractivity contribution is 5.70. The first-order chi connectivity index (χ1) is 15.9. The molecule has 0 aliphatic carbocycles. The first-order valence-electron chi connectivity index (χ1n) is 12.6. The molecule has 3 heterocycles. The zero-order valence-corrected chi connectivity index (χ0v) is 21.0. The van der Waals surface area contributed by atoms with Crippen molar-refractivity contribution >= 4 is 11.4 Å². The van der Waals surface area contributed by atoms with Gasteiger partial charge in [-0.05, 0) is 94.6 Å². The maximum atomic E-state index is 6.71. The molecule has 5 rings (SSSR count). The van der Waals surface area contributed by atoms with Crippen LogP contribution in [0.4, 0.5) is 11.4 Å². The van der Waals surface area contributed by atoms with E-state index in [1.165, 1.54) is 59.6 Å². The highest BCUT2D eigenvalue weighted by Crippen LogP contribution is 2.46. The minimum Gasteiger partial charge on any atom is -0.497 e. The summed E-state index contributed by atoms with van der Waals surface area (Å²) in [5.74, 6) is 2.07. The Morgan fingerprint density at radius 3 is 2.12 bits per heavy atom. The maximum Gasteiger partial charge on any atom is 0.127 e. The molecular weight excluding hydrogens is 410 g/mol. The summed E-state index contributed by atoms with van der Waals surface area (Å²) < 4.78 is 12.0. The molecule has 3 aliphatic heterocycles. The zero-order chi connectivity index (χ0) is 23.2. The van der Waals surface area contributed by atoms with Crippen LogP contribution in [0.2, 0.25) is 0 Å². The largest absolute Gasteiger partial charge is 0.497 e. The number of methoxy groups -OCH3 is 1. The summed E-state index contributed by atoms with van der Waals surface area (Å²) in [6.45, 7) is 16.8. The third-order valence-electron chi connectivity index (χ3n) is 8.03. The molecule has 33 heavy (non-hydrogen) atoms. The lowest BCUT2D eigenvalue weighted by molar-refractivity contribution is 0.0722. The van der Waals surface area contributed by atoms with Gasteiger partial charge in [-0.3, -0.25) is 4.90 Å². The van der Waals surface area contributed by atoms with Crippen molar-refractivity contribution in [3.8, 4) is 11.5 Å². The molecule has 3 aliphatic rings. The molecule has 0 N–H and O–H groups in total. The molecule has 1 unspecified atom stereocenters. The summed E-state index contributed by atoms with van der Waals surface area (Å²) in [6.07, 6.45) is 3.67. The topological polar surface area (TPSA) is 28.2 Å². The minimum atomic E-state index is -0.111. The number of ether oxygens (including phenoxy) is 2. The lowest BCUT2D eigenvalue weighted by Gasteiger charge is -2.39. The number of anilines is 2. The van der Waals surface area contributed by atoms with E-state index in [1.807, 2.05) is 0 Å². The monoisotopic (exact) mass is 449 g/mol. The summed E-state index contributed by atoms with van der Waals surface area (Å²) in [5.41, 5.74) is 8.18. The van der Waals surface area contributed by atoms with Gasteiger partial charge in [-0.25, -0.2) is 0 Å². The summed E-state index contributed by atoms with van der Waals surface area (Å²) >= 11 is 0. The van der Waals surface area contributed by atoms with Crippen molar-refractivity contribution in [2.24, 2.45) is 0 Å². The van der Waals surface area contributed by atoms with Crippen molar-refractivity contribution in [2.75, 3.05) is 62.7 Å². The number of nitrogens with zero attached hydrogens (tertiary/aromatic N) is 3. The molecule has 1 atom stereocenters. The fraction of sp³-hybridized carbons (Fsp3) is 0.571. The van der Waals surface area contributed by atoms with Crippen molar-refractivity contribution in [1.82, 2.24) is 4.90 Å². The molecule has 0 bridgehead atoms.